The number of aryl methyl sites for hydroxylation is 1. The van der Waals surface area contributed by atoms with Crippen LogP contribution in [0.25, 0.3) is 72.2 Å². The second-order valence-electron chi connectivity index (χ2n) is 11.2. The number of benzene rings is 5. The van der Waals surface area contributed by atoms with Gasteiger partial charge < -0.3 is 9.55 Å². The average molecular weight is 515 g/mol. The van der Waals surface area contributed by atoms with E-state index in [1.807, 2.05) is 0 Å². The molecule has 8 rings (SSSR count). The zero-order chi connectivity index (χ0) is 26.8. The third-order valence-corrected chi connectivity index (χ3v) is 8.80. The van der Waals surface area contributed by atoms with E-state index < -0.39 is 0 Å². The van der Waals surface area contributed by atoms with E-state index in [1.54, 1.807) is 0 Å². The van der Waals surface area contributed by atoms with Gasteiger partial charge in [-0.05, 0) is 93.8 Å². The van der Waals surface area contributed by atoms with Crippen LogP contribution < -0.4 is 0 Å². The first-order valence-electron chi connectivity index (χ1n) is 14.1. The van der Waals surface area contributed by atoms with Crippen LogP contribution in [0.3, 0.4) is 0 Å². The fraction of sp³-hybridized carbons (Fsp3) is 0.105. The zero-order valence-corrected chi connectivity index (χ0v) is 22.8. The Kier molecular flexibility index (Phi) is 5.12. The Morgan fingerprint density at radius 2 is 1.12 bits per heavy atom. The van der Waals surface area contributed by atoms with Crippen molar-refractivity contribution in [1.82, 2.24) is 9.55 Å². The van der Waals surface area contributed by atoms with Crippen molar-refractivity contribution >= 4 is 38.8 Å². The summed E-state index contributed by atoms with van der Waals surface area (Å²) in [6, 6.07) is 40.0. The molecule has 7 aromatic rings. The molecule has 0 spiro atoms. The predicted molar refractivity (Wildman–Crippen MR) is 171 cm³/mol. The summed E-state index contributed by atoms with van der Waals surface area (Å²) in [5, 5.41) is 3.91. The Morgan fingerprint density at radius 1 is 0.600 bits per heavy atom. The van der Waals surface area contributed by atoms with Crippen molar-refractivity contribution in [2.75, 3.05) is 0 Å². The second kappa shape index (κ2) is 8.86. The van der Waals surface area contributed by atoms with Crippen LogP contribution in [0, 0.1) is 0 Å². The van der Waals surface area contributed by atoms with Gasteiger partial charge in [0.2, 0.25) is 0 Å². The van der Waals surface area contributed by atoms with E-state index in [-0.39, 0.29) is 0 Å². The highest BCUT2D eigenvalue weighted by Gasteiger charge is 2.21. The van der Waals surface area contributed by atoms with Crippen LogP contribution in [0.5, 0.6) is 0 Å². The SMILES string of the molecule is CC1CC=Cc2c1c1cc(-c3ccc4[nH]c5ccc(-c6ccc(-c7ccccc7)cc6)cc5c4c3)ccc1n2C. The molecule has 1 aliphatic carbocycles. The van der Waals surface area contributed by atoms with Gasteiger partial charge in [0.25, 0.3) is 0 Å². The van der Waals surface area contributed by atoms with Gasteiger partial charge in [0.1, 0.15) is 0 Å². The molecule has 1 N–H and O–H groups in total. The lowest BCUT2D eigenvalue weighted by atomic mass is 9.90. The molecular weight excluding hydrogens is 484 g/mol. The molecule has 192 valence electrons. The normalized spacial score (nSPS) is 14.8. The van der Waals surface area contributed by atoms with Gasteiger partial charge in [-0.3, -0.25) is 0 Å². The van der Waals surface area contributed by atoms with Crippen LogP contribution in [-0.4, -0.2) is 9.55 Å². The maximum atomic E-state index is 3.63. The molecule has 5 aromatic carbocycles. The van der Waals surface area contributed by atoms with Crippen LogP contribution in [0.4, 0.5) is 0 Å². The summed E-state index contributed by atoms with van der Waals surface area (Å²) in [5.74, 6) is 0.537. The molecule has 2 aromatic heterocycles. The van der Waals surface area contributed by atoms with Crippen LogP contribution in [0.1, 0.15) is 30.5 Å². The Balaban J connectivity index is 1.22. The molecular formula is C38H30N2. The summed E-state index contributed by atoms with van der Waals surface area (Å²) in [7, 11) is 2.19. The number of H-pyrrole nitrogens is 1. The van der Waals surface area contributed by atoms with Gasteiger partial charge in [-0.2, -0.15) is 0 Å². The van der Waals surface area contributed by atoms with Crippen LogP contribution in [0.2, 0.25) is 0 Å². The zero-order valence-electron chi connectivity index (χ0n) is 22.8. The minimum atomic E-state index is 0.537. The average Bonchev–Trinajstić information content (AvgIpc) is 3.52. The topological polar surface area (TPSA) is 20.7 Å². The lowest BCUT2D eigenvalue weighted by Gasteiger charge is -2.15. The van der Waals surface area contributed by atoms with Crippen LogP contribution >= 0.6 is 0 Å². The highest BCUT2D eigenvalue weighted by Crippen LogP contribution is 2.40. The summed E-state index contributed by atoms with van der Waals surface area (Å²) < 4.78 is 2.34. The van der Waals surface area contributed by atoms with Gasteiger partial charge in [0.05, 0.1) is 0 Å². The molecule has 0 saturated heterocycles. The highest BCUT2D eigenvalue weighted by atomic mass is 14.9. The maximum absolute atomic E-state index is 3.63. The number of aromatic amines is 1. The van der Waals surface area contributed by atoms with E-state index in [4.69, 9.17) is 0 Å². The fourth-order valence-corrected chi connectivity index (χ4v) is 6.64. The molecule has 1 aliphatic rings. The Labute approximate surface area is 234 Å². The van der Waals surface area contributed by atoms with Crippen molar-refractivity contribution in [3.63, 3.8) is 0 Å². The monoisotopic (exact) mass is 514 g/mol. The number of allylic oxidation sites excluding steroid dienone is 1. The van der Waals surface area contributed by atoms with Crippen LogP contribution in [0.15, 0.2) is 115 Å². The Hall–Kier alpha value is -4.82. The van der Waals surface area contributed by atoms with Crippen molar-refractivity contribution in [2.45, 2.75) is 19.3 Å². The van der Waals surface area contributed by atoms with Gasteiger partial charge in [-0.15, -0.1) is 0 Å². The van der Waals surface area contributed by atoms with Crippen molar-refractivity contribution in [1.29, 1.82) is 0 Å². The summed E-state index contributed by atoms with van der Waals surface area (Å²) in [6.07, 6.45) is 5.71. The number of nitrogens with zero attached hydrogens (tertiary/aromatic N) is 1. The van der Waals surface area contributed by atoms with Crippen molar-refractivity contribution in [2.24, 2.45) is 7.05 Å². The number of hydrogen-bond acceptors (Lipinski definition) is 0. The standard InChI is InChI=1S/C38H30N2/c1-24-7-6-10-37-38(24)33-23-30(17-20-36(33)40(37)2)29-16-19-35-32(22-29)31-21-28(15-18-34(31)39-35)27-13-11-26(12-14-27)25-8-4-3-5-9-25/h3-6,8-24,39H,7H2,1-2H3. The molecule has 0 saturated carbocycles. The number of nitrogens with one attached hydrogen (secondary N) is 1. The number of fused-ring (bicyclic) bond motifs is 6. The third-order valence-electron chi connectivity index (χ3n) is 8.80. The molecule has 0 fully saturated rings. The van der Waals surface area contributed by atoms with Crippen molar-refractivity contribution in [3.05, 3.63) is 127 Å². The van der Waals surface area contributed by atoms with Crippen molar-refractivity contribution in [3.8, 4) is 33.4 Å². The third kappa shape index (κ3) is 3.56. The fourth-order valence-electron chi connectivity index (χ4n) is 6.64. The van der Waals surface area contributed by atoms with E-state index in [0.717, 1.165) is 6.42 Å². The largest absolute Gasteiger partial charge is 0.355 e. The van der Waals surface area contributed by atoms with Gasteiger partial charge in [-0.25, -0.2) is 0 Å². The van der Waals surface area contributed by atoms with Crippen LogP contribution in [-0.2, 0) is 7.05 Å². The number of rotatable bonds is 3. The number of hydrogen-bond donors (Lipinski definition) is 1. The second-order valence-corrected chi connectivity index (χ2v) is 11.2. The van der Waals surface area contributed by atoms with E-state index in [2.05, 4.69) is 145 Å². The summed E-state index contributed by atoms with van der Waals surface area (Å²) >= 11 is 0. The Morgan fingerprint density at radius 3 is 1.80 bits per heavy atom. The molecule has 1 atom stereocenters. The Bertz CT molecular complexity index is 2090. The first-order valence-corrected chi connectivity index (χ1v) is 14.1. The molecule has 2 heteroatoms. The molecule has 2 nitrogen and oxygen atoms in total. The summed E-state index contributed by atoms with van der Waals surface area (Å²) in [6.45, 7) is 2.35. The quantitative estimate of drug-likeness (QED) is 0.242. The van der Waals surface area contributed by atoms with Gasteiger partial charge in [0, 0.05) is 45.5 Å². The molecule has 2 heterocycles. The van der Waals surface area contributed by atoms with E-state index >= 15 is 0 Å². The van der Waals surface area contributed by atoms with Gasteiger partial charge >= 0.3 is 0 Å². The molecule has 40 heavy (non-hydrogen) atoms. The maximum Gasteiger partial charge on any atom is 0.0485 e. The summed E-state index contributed by atoms with van der Waals surface area (Å²) in [5.41, 5.74) is 14.0. The molecule has 1 unspecified atom stereocenters. The molecule has 0 radical (unpaired) electrons. The lowest BCUT2D eigenvalue weighted by Crippen LogP contribution is -2.00. The van der Waals surface area contributed by atoms with E-state index in [9.17, 15) is 0 Å². The summed E-state index contributed by atoms with van der Waals surface area (Å²) in [4.78, 5) is 3.63. The molecule has 0 amide bonds. The lowest BCUT2D eigenvalue weighted by molar-refractivity contribution is 0.765. The highest BCUT2D eigenvalue weighted by molar-refractivity contribution is 6.10. The minimum Gasteiger partial charge on any atom is -0.355 e. The van der Waals surface area contributed by atoms with Gasteiger partial charge in [0.15, 0.2) is 0 Å². The minimum absolute atomic E-state index is 0.537. The first kappa shape index (κ1) is 23.1. The van der Waals surface area contributed by atoms with Gasteiger partial charge in [-0.1, -0.05) is 85.8 Å². The van der Waals surface area contributed by atoms with Crippen molar-refractivity contribution < 1.29 is 0 Å². The van der Waals surface area contributed by atoms with E-state index in [1.165, 1.54) is 77.3 Å². The molecule has 0 aliphatic heterocycles. The first-order chi connectivity index (χ1) is 19.6. The van der Waals surface area contributed by atoms with E-state index in [0.29, 0.717) is 5.92 Å². The molecule has 0 bridgehead atoms. The predicted octanol–water partition coefficient (Wildman–Crippen LogP) is 10.3. The number of aromatic nitrogens is 2. The smallest absolute Gasteiger partial charge is 0.0485 e.